The van der Waals surface area contributed by atoms with E-state index in [1.807, 2.05) is 0 Å². The van der Waals surface area contributed by atoms with Gasteiger partial charge in [0.2, 0.25) is 5.91 Å². The number of piperidine rings is 3. The van der Waals surface area contributed by atoms with E-state index in [1.54, 1.807) is 0 Å². The van der Waals surface area contributed by atoms with E-state index in [9.17, 15) is 4.79 Å². The molecule has 7 atom stereocenters. The summed E-state index contributed by atoms with van der Waals surface area (Å²) in [5.41, 5.74) is 8.03. The third kappa shape index (κ3) is 4.81. The van der Waals surface area contributed by atoms with Crippen molar-refractivity contribution in [2.75, 3.05) is 19.6 Å². The fraction of sp³-hybridized carbons (Fsp3) is 0.750. The fourth-order valence-electron chi connectivity index (χ4n) is 9.67. The van der Waals surface area contributed by atoms with Crippen molar-refractivity contribution in [2.45, 2.75) is 120 Å². The standard InChI is InChI=1S/C32H47N5O/c33-31(38)21-35-14-6-9-24(20-35)32-34-29-12-3-4-13-30(29)37(32)28-18-25-10-5-11-26(19-28)36(25)27-16-22-7-1-2-8-23(15-22)17-27/h3-4,12-13,22-28H,1-2,5-11,14-21H2,(H2,33,38)/t22-,23+,24-,25-,26+,27-,28+/m0/s1. The van der Waals surface area contributed by atoms with Gasteiger partial charge in [-0.25, -0.2) is 4.98 Å². The zero-order valence-corrected chi connectivity index (χ0v) is 23.1. The molecular formula is C32H47N5O. The first-order valence-electron chi connectivity index (χ1n) is 15.9. The number of rotatable bonds is 5. The van der Waals surface area contributed by atoms with Gasteiger partial charge in [0.1, 0.15) is 5.82 Å². The number of carbonyl (C=O) groups is 1. The molecule has 2 aliphatic carbocycles. The number of benzene rings is 1. The normalized spacial score (nSPS) is 36.7. The van der Waals surface area contributed by atoms with E-state index in [4.69, 9.17) is 10.7 Å². The predicted octanol–water partition coefficient (Wildman–Crippen LogP) is 5.62. The van der Waals surface area contributed by atoms with Gasteiger partial charge in [0.05, 0.1) is 17.6 Å². The van der Waals surface area contributed by atoms with E-state index in [1.165, 1.54) is 88.4 Å². The molecule has 7 rings (SSSR count). The van der Waals surface area contributed by atoms with Gasteiger partial charge in [0.25, 0.3) is 0 Å². The van der Waals surface area contributed by atoms with E-state index < -0.39 is 0 Å². The summed E-state index contributed by atoms with van der Waals surface area (Å²) >= 11 is 0. The quantitative estimate of drug-likeness (QED) is 0.559. The maximum atomic E-state index is 11.7. The highest BCUT2D eigenvalue weighted by Gasteiger charge is 2.45. The third-order valence-corrected chi connectivity index (χ3v) is 11.0. The van der Waals surface area contributed by atoms with Crippen LogP contribution < -0.4 is 5.73 Å². The van der Waals surface area contributed by atoms with E-state index in [2.05, 4.69) is 38.6 Å². The molecule has 0 radical (unpaired) electrons. The summed E-state index contributed by atoms with van der Waals surface area (Å²) in [7, 11) is 0. The number of fused-ring (bicyclic) bond motifs is 5. The molecular weight excluding hydrogens is 470 g/mol. The van der Waals surface area contributed by atoms with Gasteiger partial charge in [-0.3, -0.25) is 14.6 Å². The monoisotopic (exact) mass is 517 g/mol. The number of hydrogen-bond donors (Lipinski definition) is 1. The Bertz CT molecular complexity index is 1120. The molecule has 6 nitrogen and oxygen atoms in total. The van der Waals surface area contributed by atoms with E-state index in [0.717, 1.165) is 61.4 Å². The number of hydrogen-bond acceptors (Lipinski definition) is 4. The number of para-hydroxylation sites is 2. The molecule has 3 aliphatic heterocycles. The van der Waals surface area contributed by atoms with Crippen molar-refractivity contribution < 1.29 is 4.79 Å². The summed E-state index contributed by atoms with van der Waals surface area (Å²) in [5, 5.41) is 0. The average Bonchev–Trinajstić information content (AvgIpc) is 3.21. The number of primary amides is 1. The lowest BCUT2D eigenvalue weighted by atomic mass is 9.73. The topological polar surface area (TPSA) is 67.4 Å². The second-order valence-electron chi connectivity index (χ2n) is 13.6. The smallest absolute Gasteiger partial charge is 0.231 e. The zero-order valence-electron chi connectivity index (χ0n) is 23.1. The minimum atomic E-state index is -0.220. The van der Waals surface area contributed by atoms with E-state index >= 15 is 0 Å². The fourth-order valence-corrected chi connectivity index (χ4v) is 9.67. The van der Waals surface area contributed by atoms with Crippen molar-refractivity contribution >= 4 is 16.9 Å². The lowest BCUT2D eigenvalue weighted by Crippen LogP contribution is -2.58. The summed E-state index contributed by atoms with van der Waals surface area (Å²) in [6.45, 7) is 2.22. The molecule has 4 bridgehead atoms. The molecule has 5 fully saturated rings. The Morgan fingerprint density at radius 3 is 2.29 bits per heavy atom. The van der Waals surface area contributed by atoms with Gasteiger partial charge in [-0.05, 0) is 88.3 Å². The number of amides is 1. The van der Waals surface area contributed by atoms with Crippen LogP contribution in [0.3, 0.4) is 0 Å². The molecule has 0 unspecified atom stereocenters. The maximum absolute atomic E-state index is 11.7. The molecule has 6 heteroatoms. The Morgan fingerprint density at radius 2 is 1.55 bits per heavy atom. The molecule has 38 heavy (non-hydrogen) atoms. The van der Waals surface area contributed by atoms with Gasteiger partial charge >= 0.3 is 0 Å². The Hall–Kier alpha value is -1.92. The van der Waals surface area contributed by atoms with Crippen molar-refractivity contribution in [3.8, 4) is 0 Å². The molecule has 2 aromatic rings. The van der Waals surface area contributed by atoms with Crippen LogP contribution in [-0.4, -0.2) is 63.0 Å². The van der Waals surface area contributed by atoms with Crippen LogP contribution in [0.1, 0.15) is 108 Å². The Labute approximate surface area is 228 Å². The third-order valence-electron chi connectivity index (χ3n) is 11.0. The summed E-state index contributed by atoms with van der Waals surface area (Å²) in [4.78, 5) is 22.3. The van der Waals surface area contributed by atoms with Crippen LogP contribution in [0, 0.1) is 11.8 Å². The van der Waals surface area contributed by atoms with Gasteiger partial charge in [-0.2, -0.15) is 0 Å². The predicted molar refractivity (Wildman–Crippen MR) is 152 cm³/mol. The summed E-state index contributed by atoms with van der Waals surface area (Å²) in [6.07, 6.45) is 19.3. The first-order valence-corrected chi connectivity index (χ1v) is 15.9. The van der Waals surface area contributed by atoms with Crippen molar-refractivity contribution in [3.63, 3.8) is 0 Å². The lowest BCUT2D eigenvalue weighted by molar-refractivity contribution is -0.119. The van der Waals surface area contributed by atoms with Crippen LogP contribution in [-0.2, 0) is 4.79 Å². The van der Waals surface area contributed by atoms with Crippen LogP contribution >= 0.6 is 0 Å². The Balaban J connectivity index is 1.17. The molecule has 3 saturated heterocycles. The molecule has 1 amide bonds. The van der Waals surface area contributed by atoms with Gasteiger partial charge in [-0.15, -0.1) is 0 Å². The number of carbonyl (C=O) groups excluding carboxylic acids is 1. The maximum Gasteiger partial charge on any atom is 0.231 e. The van der Waals surface area contributed by atoms with Crippen molar-refractivity contribution in [1.29, 1.82) is 0 Å². The molecule has 2 N–H and O–H groups in total. The largest absolute Gasteiger partial charge is 0.369 e. The summed E-state index contributed by atoms with van der Waals surface area (Å²) < 4.78 is 2.68. The minimum Gasteiger partial charge on any atom is -0.369 e. The second-order valence-corrected chi connectivity index (χ2v) is 13.6. The lowest BCUT2D eigenvalue weighted by Gasteiger charge is -2.55. The number of nitrogens with two attached hydrogens (primary N) is 1. The SMILES string of the molecule is NC(=O)CN1CCC[C@H](c2nc3ccccc3n2[C@H]2C[C@H]3CCC[C@@H](C2)N3[C@@H]2C[C@@H]3CCCC[C@@H](C3)C2)C1. The van der Waals surface area contributed by atoms with Crippen LogP contribution in [0.5, 0.6) is 0 Å². The number of aromatic nitrogens is 2. The van der Waals surface area contributed by atoms with Crippen molar-refractivity contribution in [3.05, 3.63) is 30.1 Å². The molecule has 1 aromatic heterocycles. The van der Waals surface area contributed by atoms with Crippen molar-refractivity contribution in [2.24, 2.45) is 17.6 Å². The van der Waals surface area contributed by atoms with Crippen molar-refractivity contribution in [1.82, 2.24) is 19.4 Å². The van der Waals surface area contributed by atoms with Gasteiger partial charge < -0.3 is 10.3 Å². The number of nitrogens with zero attached hydrogens (tertiary/aromatic N) is 4. The van der Waals surface area contributed by atoms with Crippen LogP contribution in [0.2, 0.25) is 0 Å². The molecule has 5 aliphatic rings. The highest BCUT2D eigenvalue weighted by Crippen LogP contribution is 2.48. The molecule has 206 valence electrons. The zero-order chi connectivity index (χ0) is 25.6. The van der Waals surface area contributed by atoms with Crippen LogP contribution in [0.15, 0.2) is 24.3 Å². The number of imidazole rings is 1. The highest BCUT2D eigenvalue weighted by atomic mass is 16.1. The Morgan fingerprint density at radius 1 is 0.816 bits per heavy atom. The second kappa shape index (κ2) is 10.6. The van der Waals surface area contributed by atoms with Crippen LogP contribution in [0.25, 0.3) is 11.0 Å². The summed E-state index contributed by atoms with van der Waals surface area (Å²) in [5.74, 6) is 3.38. The van der Waals surface area contributed by atoms with Gasteiger partial charge in [-0.1, -0.05) is 44.2 Å². The first kappa shape index (κ1) is 25.1. The molecule has 0 spiro atoms. The average molecular weight is 518 g/mol. The van der Waals surface area contributed by atoms with Crippen LogP contribution in [0.4, 0.5) is 0 Å². The number of likely N-dealkylation sites (tertiary alicyclic amines) is 1. The van der Waals surface area contributed by atoms with Gasteiger partial charge in [0.15, 0.2) is 0 Å². The minimum absolute atomic E-state index is 0.220. The summed E-state index contributed by atoms with van der Waals surface area (Å²) in [6, 6.07) is 11.6. The van der Waals surface area contributed by atoms with E-state index in [0.29, 0.717) is 18.5 Å². The first-order chi connectivity index (χ1) is 18.6. The molecule has 2 saturated carbocycles. The molecule has 4 heterocycles. The van der Waals surface area contributed by atoms with Gasteiger partial charge in [0, 0.05) is 36.6 Å². The van der Waals surface area contributed by atoms with E-state index in [-0.39, 0.29) is 5.91 Å². The highest BCUT2D eigenvalue weighted by molar-refractivity contribution is 5.77. The Kier molecular flexibility index (Phi) is 6.98. The molecule has 1 aromatic carbocycles.